The van der Waals surface area contributed by atoms with Crippen molar-refractivity contribution < 1.29 is 14.3 Å². The van der Waals surface area contributed by atoms with Crippen LogP contribution in [0.15, 0.2) is 23.1 Å². The highest BCUT2D eigenvalue weighted by molar-refractivity contribution is 7.98. The van der Waals surface area contributed by atoms with Gasteiger partial charge in [-0.15, -0.1) is 11.8 Å². The molecule has 0 saturated heterocycles. The zero-order valence-electron chi connectivity index (χ0n) is 10.4. The molecule has 98 valence electrons. The normalized spacial score (nSPS) is 18.6. The van der Waals surface area contributed by atoms with Crippen LogP contribution in [0.1, 0.15) is 37.7 Å². The van der Waals surface area contributed by atoms with E-state index >= 15 is 0 Å². The van der Waals surface area contributed by atoms with Gasteiger partial charge in [0.25, 0.3) is 0 Å². The predicted molar refractivity (Wildman–Crippen MR) is 70.6 cm³/mol. The fourth-order valence-corrected chi connectivity index (χ4v) is 3.19. The van der Waals surface area contributed by atoms with Crippen LogP contribution in [-0.4, -0.2) is 17.3 Å². The first-order valence-corrected chi connectivity index (χ1v) is 7.40. The molecule has 1 aromatic carbocycles. The molecule has 1 saturated carbocycles. The summed E-state index contributed by atoms with van der Waals surface area (Å²) in [6.07, 6.45) is 5.71. The van der Waals surface area contributed by atoms with E-state index in [-0.39, 0.29) is 5.82 Å². The van der Waals surface area contributed by atoms with Gasteiger partial charge in [0.2, 0.25) is 0 Å². The minimum Gasteiger partial charge on any atom is -0.481 e. The monoisotopic (exact) mass is 268 g/mol. The fourth-order valence-electron chi connectivity index (χ4n) is 2.76. The van der Waals surface area contributed by atoms with Crippen molar-refractivity contribution in [3.63, 3.8) is 0 Å². The minimum atomic E-state index is -1.01. The maximum atomic E-state index is 14.2. The number of hydrogen-bond acceptors (Lipinski definition) is 2. The smallest absolute Gasteiger partial charge is 0.314 e. The Kier molecular flexibility index (Phi) is 3.95. The maximum Gasteiger partial charge on any atom is 0.314 e. The number of halogens is 1. The molecule has 2 rings (SSSR count). The average molecular weight is 268 g/mol. The molecule has 0 radical (unpaired) electrons. The van der Waals surface area contributed by atoms with Gasteiger partial charge in [0.1, 0.15) is 5.82 Å². The number of carboxylic acid groups (broad SMARTS) is 1. The van der Waals surface area contributed by atoms with Crippen molar-refractivity contribution in [2.75, 3.05) is 6.26 Å². The Hall–Kier alpha value is -1.03. The highest BCUT2D eigenvalue weighted by atomic mass is 32.2. The first kappa shape index (κ1) is 13.4. The third kappa shape index (κ3) is 2.26. The van der Waals surface area contributed by atoms with E-state index < -0.39 is 11.4 Å². The van der Waals surface area contributed by atoms with Crippen molar-refractivity contribution in [2.45, 2.75) is 42.4 Å². The lowest BCUT2D eigenvalue weighted by atomic mass is 9.69. The molecule has 0 aliphatic heterocycles. The summed E-state index contributed by atoms with van der Waals surface area (Å²) in [5.41, 5.74) is -0.660. The van der Waals surface area contributed by atoms with E-state index in [9.17, 15) is 14.3 Å². The number of thioether (sulfide) groups is 1. The lowest BCUT2D eigenvalue weighted by Gasteiger charge is -2.33. The van der Waals surface area contributed by atoms with Gasteiger partial charge >= 0.3 is 5.97 Å². The fraction of sp³-hybridized carbons (Fsp3) is 0.500. The number of carboxylic acids is 1. The molecular formula is C14H17FO2S. The standard InChI is InChI=1S/C14H17FO2S/c1-18-10-5-6-11(12(15)9-10)14(13(16)17)7-3-2-4-8-14/h5-6,9H,2-4,7-8H2,1H3,(H,16,17). The minimum absolute atomic E-state index is 0.354. The molecule has 0 amide bonds. The second-order valence-electron chi connectivity index (χ2n) is 4.79. The molecule has 1 aliphatic rings. The number of carbonyl (C=O) groups is 1. The molecule has 2 nitrogen and oxygen atoms in total. The maximum absolute atomic E-state index is 14.2. The van der Waals surface area contributed by atoms with Crippen LogP contribution in [0.5, 0.6) is 0 Å². The van der Waals surface area contributed by atoms with Crippen LogP contribution in [0, 0.1) is 5.82 Å². The van der Waals surface area contributed by atoms with E-state index in [0.717, 1.165) is 24.2 Å². The van der Waals surface area contributed by atoms with Gasteiger partial charge in [-0.2, -0.15) is 0 Å². The molecule has 0 heterocycles. The van der Waals surface area contributed by atoms with Crippen LogP contribution < -0.4 is 0 Å². The second kappa shape index (κ2) is 5.31. The topological polar surface area (TPSA) is 37.3 Å². The third-order valence-corrected chi connectivity index (χ3v) is 4.53. The molecule has 1 N–H and O–H groups in total. The van der Waals surface area contributed by atoms with Crippen molar-refractivity contribution in [1.29, 1.82) is 0 Å². The van der Waals surface area contributed by atoms with E-state index in [1.807, 2.05) is 12.3 Å². The van der Waals surface area contributed by atoms with Gasteiger partial charge in [-0.25, -0.2) is 4.39 Å². The van der Waals surface area contributed by atoms with Crippen molar-refractivity contribution in [1.82, 2.24) is 0 Å². The van der Waals surface area contributed by atoms with Crippen LogP contribution >= 0.6 is 11.8 Å². The molecule has 1 fully saturated rings. The summed E-state index contributed by atoms with van der Waals surface area (Å²) in [4.78, 5) is 12.4. The van der Waals surface area contributed by atoms with E-state index in [1.165, 1.54) is 17.8 Å². The lowest BCUT2D eigenvalue weighted by Crippen LogP contribution is -2.38. The van der Waals surface area contributed by atoms with E-state index in [1.54, 1.807) is 6.07 Å². The Morgan fingerprint density at radius 1 is 1.33 bits per heavy atom. The number of hydrogen-bond donors (Lipinski definition) is 1. The molecular weight excluding hydrogens is 251 g/mol. The van der Waals surface area contributed by atoms with E-state index in [0.29, 0.717) is 18.4 Å². The van der Waals surface area contributed by atoms with Gasteiger partial charge in [-0.1, -0.05) is 25.3 Å². The summed E-state index contributed by atoms with van der Waals surface area (Å²) in [5, 5.41) is 9.52. The summed E-state index contributed by atoms with van der Waals surface area (Å²) >= 11 is 1.46. The van der Waals surface area contributed by atoms with Gasteiger partial charge in [-0.05, 0) is 31.2 Å². The third-order valence-electron chi connectivity index (χ3n) is 3.81. The average Bonchev–Trinajstić information content (AvgIpc) is 2.39. The molecule has 1 aliphatic carbocycles. The predicted octanol–water partition coefficient (Wildman–Crippen LogP) is 3.83. The van der Waals surface area contributed by atoms with Gasteiger partial charge in [0.15, 0.2) is 0 Å². The van der Waals surface area contributed by atoms with Crippen molar-refractivity contribution in [3.05, 3.63) is 29.6 Å². The Balaban J connectivity index is 2.45. The van der Waals surface area contributed by atoms with Gasteiger partial charge < -0.3 is 5.11 Å². The molecule has 1 aromatic rings. The molecule has 18 heavy (non-hydrogen) atoms. The highest BCUT2D eigenvalue weighted by Gasteiger charge is 2.43. The van der Waals surface area contributed by atoms with Crippen LogP contribution in [-0.2, 0) is 10.2 Å². The zero-order valence-corrected chi connectivity index (χ0v) is 11.2. The number of benzene rings is 1. The van der Waals surface area contributed by atoms with E-state index in [4.69, 9.17) is 0 Å². The largest absolute Gasteiger partial charge is 0.481 e. The zero-order chi connectivity index (χ0) is 13.2. The quantitative estimate of drug-likeness (QED) is 0.846. The Bertz CT molecular complexity index is 453. The summed E-state index contributed by atoms with van der Waals surface area (Å²) in [7, 11) is 0. The van der Waals surface area contributed by atoms with Gasteiger partial charge in [0, 0.05) is 10.5 Å². The molecule has 0 unspecified atom stereocenters. The molecule has 0 bridgehead atoms. The summed E-state index contributed by atoms with van der Waals surface area (Å²) in [6, 6.07) is 4.91. The van der Waals surface area contributed by atoms with Crippen molar-refractivity contribution in [2.24, 2.45) is 0 Å². The summed E-state index contributed by atoms with van der Waals surface area (Å²) < 4.78 is 14.2. The van der Waals surface area contributed by atoms with Crippen LogP contribution in [0.25, 0.3) is 0 Å². The molecule has 0 atom stereocenters. The Morgan fingerprint density at radius 3 is 2.50 bits per heavy atom. The second-order valence-corrected chi connectivity index (χ2v) is 5.67. The lowest BCUT2D eigenvalue weighted by molar-refractivity contribution is -0.145. The van der Waals surface area contributed by atoms with Crippen LogP contribution in [0.2, 0.25) is 0 Å². The van der Waals surface area contributed by atoms with Crippen LogP contribution in [0.4, 0.5) is 4.39 Å². The number of aliphatic carboxylic acids is 1. The Labute approximate surface area is 111 Å². The highest BCUT2D eigenvalue weighted by Crippen LogP contribution is 2.41. The van der Waals surface area contributed by atoms with Gasteiger partial charge in [0.05, 0.1) is 5.41 Å². The van der Waals surface area contributed by atoms with Gasteiger partial charge in [-0.3, -0.25) is 4.79 Å². The summed E-state index contributed by atoms with van der Waals surface area (Å²) in [6.45, 7) is 0. The molecule has 0 spiro atoms. The van der Waals surface area contributed by atoms with Crippen molar-refractivity contribution in [3.8, 4) is 0 Å². The van der Waals surface area contributed by atoms with Crippen molar-refractivity contribution >= 4 is 17.7 Å². The molecule has 0 aromatic heterocycles. The molecule has 4 heteroatoms. The van der Waals surface area contributed by atoms with E-state index in [2.05, 4.69) is 0 Å². The van der Waals surface area contributed by atoms with Crippen LogP contribution in [0.3, 0.4) is 0 Å². The summed E-state index contributed by atoms with van der Waals surface area (Å²) in [5.74, 6) is -1.27. The first-order chi connectivity index (χ1) is 8.60. The number of rotatable bonds is 3. The first-order valence-electron chi connectivity index (χ1n) is 6.17. The Morgan fingerprint density at radius 2 is 2.00 bits per heavy atom. The SMILES string of the molecule is CSc1ccc(C2(C(=O)O)CCCCC2)c(F)c1.